The van der Waals surface area contributed by atoms with Crippen molar-refractivity contribution < 1.29 is 9.47 Å². The number of benzene rings is 2. The molecule has 1 saturated heterocycles. The third-order valence-electron chi connectivity index (χ3n) is 5.00. The average molecular weight is 388 g/mol. The van der Waals surface area contributed by atoms with Crippen LogP contribution in [-0.2, 0) is 4.74 Å². The summed E-state index contributed by atoms with van der Waals surface area (Å²) in [4.78, 5) is 0. The van der Waals surface area contributed by atoms with Gasteiger partial charge in [-0.15, -0.1) is 0 Å². The zero-order chi connectivity index (χ0) is 16.7. The molecule has 0 aromatic heterocycles. The molecule has 1 N–H and O–H groups in total. The first-order chi connectivity index (χ1) is 11.7. The van der Waals surface area contributed by atoms with E-state index in [4.69, 9.17) is 9.47 Å². The van der Waals surface area contributed by atoms with E-state index in [2.05, 4.69) is 58.5 Å². The van der Waals surface area contributed by atoms with E-state index in [0.29, 0.717) is 12.5 Å². The van der Waals surface area contributed by atoms with Crippen molar-refractivity contribution in [2.24, 2.45) is 5.92 Å². The first kappa shape index (κ1) is 16.0. The molecule has 126 valence electrons. The number of fused-ring (bicyclic) bond motifs is 3. The smallest absolute Gasteiger partial charge is 0.124 e. The van der Waals surface area contributed by atoms with Crippen LogP contribution in [0.3, 0.4) is 0 Å². The molecule has 2 aliphatic heterocycles. The second-order valence-electron chi connectivity index (χ2n) is 6.57. The van der Waals surface area contributed by atoms with Crippen molar-refractivity contribution in [3.8, 4) is 5.75 Å². The van der Waals surface area contributed by atoms with E-state index in [1.165, 1.54) is 22.4 Å². The van der Waals surface area contributed by atoms with E-state index >= 15 is 0 Å². The molecule has 0 radical (unpaired) electrons. The van der Waals surface area contributed by atoms with Crippen LogP contribution in [0.2, 0.25) is 0 Å². The van der Waals surface area contributed by atoms with Crippen molar-refractivity contribution in [2.75, 3.05) is 18.5 Å². The molecule has 4 rings (SSSR count). The Morgan fingerprint density at radius 3 is 2.92 bits per heavy atom. The van der Waals surface area contributed by atoms with Crippen LogP contribution in [-0.4, -0.2) is 13.2 Å². The molecule has 0 bridgehead atoms. The molecule has 2 aromatic carbocycles. The molecule has 3 unspecified atom stereocenters. The largest absolute Gasteiger partial charge is 0.494 e. The standard InChI is InChI=1S/C20H22BrNO2/c1-3-23-18-7-5-13(21)11-16(18)19-14-8-9-24-20(14)15-10-12(2)4-6-17(15)22-19/h4-7,10-11,14,19-20,22H,3,8-9H2,1-2H3. The number of halogens is 1. The molecule has 4 heteroatoms. The minimum Gasteiger partial charge on any atom is -0.494 e. The van der Waals surface area contributed by atoms with Crippen molar-refractivity contribution in [1.29, 1.82) is 0 Å². The molecule has 2 aromatic rings. The van der Waals surface area contributed by atoms with Crippen LogP contribution in [0.4, 0.5) is 5.69 Å². The quantitative estimate of drug-likeness (QED) is 0.764. The lowest BCUT2D eigenvalue weighted by molar-refractivity contribution is 0.0826. The fourth-order valence-corrected chi connectivity index (χ4v) is 4.33. The summed E-state index contributed by atoms with van der Waals surface area (Å²) in [7, 11) is 0. The molecular formula is C20H22BrNO2. The second kappa shape index (κ2) is 6.41. The van der Waals surface area contributed by atoms with Crippen molar-refractivity contribution in [1.82, 2.24) is 0 Å². The van der Waals surface area contributed by atoms with E-state index in [9.17, 15) is 0 Å². The minimum absolute atomic E-state index is 0.166. The molecule has 2 heterocycles. The summed E-state index contributed by atoms with van der Waals surface area (Å²) in [6.07, 6.45) is 1.23. The summed E-state index contributed by atoms with van der Waals surface area (Å²) in [5.74, 6) is 1.38. The molecule has 0 amide bonds. The van der Waals surface area contributed by atoms with Crippen LogP contribution >= 0.6 is 15.9 Å². The van der Waals surface area contributed by atoms with Crippen LogP contribution in [0.15, 0.2) is 40.9 Å². The SMILES string of the molecule is CCOc1ccc(Br)cc1C1Nc2ccc(C)cc2C2OCCC12. The molecule has 0 saturated carbocycles. The van der Waals surface area contributed by atoms with Gasteiger partial charge in [0.15, 0.2) is 0 Å². The van der Waals surface area contributed by atoms with Crippen molar-refractivity contribution >= 4 is 21.6 Å². The number of rotatable bonds is 3. The van der Waals surface area contributed by atoms with Gasteiger partial charge in [-0.3, -0.25) is 0 Å². The van der Waals surface area contributed by atoms with Crippen LogP contribution in [0, 0.1) is 12.8 Å². The van der Waals surface area contributed by atoms with Gasteiger partial charge in [0.2, 0.25) is 0 Å². The van der Waals surface area contributed by atoms with Gasteiger partial charge in [0.25, 0.3) is 0 Å². The maximum atomic E-state index is 6.13. The Bertz CT molecular complexity index is 761. The lowest BCUT2D eigenvalue weighted by Gasteiger charge is -2.37. The number of ether oxygens (including phenoxy) is 2. The van der Waals surface area contributed by atoms with Gasteiger partial charge in [-0.1, -0.05) is 33.6 Å². The fraction of sp³-hybridized carbons (Fsp3) is 0.400. The van der Waals surface area contributed by atoms with Crippen LogP contribution < -0.4 is 10.1 Å². The molecule has 3 atom stereocenters. The lowest BCUT2D eigenvalue weighted by Crippen LogP contribution is -2.29. The van der Waals surface area contributed by atoms with Crippen LogP contribution in [0.25, 0.3) is 0 Å². The molecular weight excluding hydrogens is 366 g/mol. The topological polar surface area (TPSA) is 30.5 Å². The number of aryl methyl sites for hydroxylation is 1. The molecule has 3 nitrogen and oxygen atoms in total. The predicted molar refractivity (Wildman–Crippen MR) is 99.7 cm³/mol. The Morgan fingerprint density at radius 2 is 2.08 bits per heavy atom. The normalized spacial score (nSPS) is 24.9. The van der Waals surface area contributed by atoms with Gasteiger partial charge in [-0.25, -0.2) is 0 Å². The third kappa shape index (κ3) is 2.72. The van der Waals surface area contributed by atoms with Crippen molar-refractivity contribution in [2.45, 2.75) is 32.4 Å². The Hall–Kier alpha value is -1.52. The Kier molecular flexibility index (Phi) is 4.27. The van der Waals surface area contributed by atoms with Crippen LogP contribution in [0.5, 0.6) is 5.75 Å². The Balaban J connectivity index is 1.79. The molecule has 2 aliphatic rings. The first-order valence-electron chi connectivity index (χ1n) is 8.58. The number of hydrogen-bond donors (Lipinski definition) is 1. The van der Waals surface area contributed by atoms with Gasteiger partial charge in [0.1, 0.15) is 5.75 Å². The van der Waals surface area contributed by atoms with E-state index in [1.807, 2.05) is 13.0 Å². The predicted octanol–water partition coefficient (Wildman–Crippen LogP) is 5.40. The molecule has 1 fully saturated rings. The minimum atomic E-state index is 0.166. The molecule has 24 heavy (non-hydrogen) atoms. The highest BCUT2D eigenvalue weighted by molar-refractivity contribution is 9.10. The summed E-state index contributed by atoms with van der Waals surface area (Å²) in [5, 5.41) is 3.76. The van der Waals surface area contributed by atoms with E-state index < -0.39 is 0 Å². The highest BCUT2D eigenvalue weighted by atomic mass is 79.9. The zero-order valence-corrected chi connectivity index (χ0v) is 15.6. The Morgan fingerprint density at radius 1 is 1.21 bits per heavy atom. The summed E-state index contributed by atoms with van der Waals surface area (Å²) in [6, 6.07) is 13.1. The maximum Gasteiger partial charge on any atom is 0.124 e. The van der Waals surface area contributed by atoms with Gasteiger partial charge in [0, 0.05) is 33.8 Å². The summed E-state index contributed by atoms with van der Waals surface area (Å²) >= 11 is 3.61. The Labute approximate surface area is 151 Å². The van der Waals surface area contributed by atoms with Crippen molar-refractivity contribution in [3.05, 3.63) is 57.6 Å². The maximum absolute atomic E-state index is 6.13. The number of hydrogen-bond acceptors (Lipinski definition) is 3. The van der Waals surface area contributed by atoms with E-state index in [-0.39, 0.29) is 12.1 Å². The highest BCUT2D eigenvalue weighted by Crippen LogP contribution is 2.51. The monoisotopic (exact) mass is 387 g/mol. The van der Waals surface area contributed by atoms with Gasteiger partial charge >= 0.3 is 0 Å². The van der Waals surface area contributed by atoms with Gasteiger partial charge in [-0.2, -0.15) is 0 Å². The molecule has 0 spiro atoms. The van der Waals surface area contributed by atoms with Gasteiger partial charge in [-0.05, 0) is 44.5 Å². The summed E-state index contributed by atoms with van der Waals surface area (Å²) < 4.78 is 13.1. The second-order valence-corrected chi connectivity index (χ2v) is 7.49. The summed E-state index contributed by atoms with van der Waals surface area (Å²) in [6.45, 7) is 5.65. The van der Waals surface area contributed by atoms with E-state index in [0.717, 1.165) is 23.2 Å². The van der Waals surface area contributed by atoms with Gasteiger partial charge in [0.05, 0.1) is 18.8 Å². The zero-order valence-electron chi connectivity index (χ0n) is 14.0. The van der Waals surface area contributed by atoms with E-state index in [1.54, 1.807) is 0 Å². The van der Waals surface area contributed by atoms with Crippen LogP contribution in [0.1, 0.15) is 42.2 Å². The average Bonchev–Trinajstić information content (AvgIpc) is 3.06. The third-order valence-corrected chi connectivity index (χ3v) is 5.49. The first-order valence-corrected chi connectivity index (χ1v) is 9.37. The van der Waals surface area contributed by atoms with Gasteiger partial charge < -0.3 is 14.8 Å². The highest BCUT2D eigenvalue weighted by Gasteiger charge is 2.42. The fourth-order valence-electron chi connectivity index (χ4n) is 3.95. The summed E-state index contributed by atoms with van der Waals surface area (Å²) in [5.41, 5.74) is 4.96. The lowest BCUT2D eigenvalue weighted by atomic mass is 9.80. The van der Waals surface area contributed by atoms with Crippen molar-refractivity contribution in [3.63, 3.8) is 0 Å². The number of nitrogens with one attached hydrogen (secondary N) is 1. The molecule has 0 aliphatic carbocycles. The number of anilines is 1.